The van der Waals surface area contributed by atoms with E-state index in [9.17, 15) is 0 Å². The lowest BCUT2D eigenvalue weighted by Crippen LogP contribution is -2.62. The number of fused-ring (bicyclic) bond motifs is 5. The average molecular weight is 1020 g/mol. The predicted molar refractivity (Wildman–Crippen MR) is 337 cm³/mol. The van der Waals surface area contributed by atoms with Crippen molar-refractivity contribution in [2.45, 2.75) is 130 Å². The van der Waals surface area contributed by atoms with Crippen molar-refractivity contribution in [1.82, 2.24) is 0 Å². The average Bonchev–Trinajstić information content (AvgIpc) is 3.20. The van der Waals surface area contributed by atoms with Gasteiger partial charge in [-0.25, -0.2) is 0 Å². The molecule has 0 fully saturated rings. The minimum Gasteiger partial charge on any atom is -0.311 e. The Kier molecular flexibility index (Phi) is 12.2. The predicted octanol–water partition coefficient (Wildman–Crippen LogP) is 18.8. The Morgan fingerprint density at radius 3 is 1.47 bits per heavy atom. The number of rotatable bonds is 7. The van der Waals surface area contributed by atoms with Crippen LogP contribution in [0.5, 0.6) is 0 Å². The summed E-state index contributed by atoms with van der Waals surface area (Å²) in [5, 5.41) is 0. The minimum atomic E-state index is -0.1000. The van der Waals surface area contributed by atoms with Gasteiger partial charge in [0.2, 0.25) is 0 Å². The summed E-state index contributed by atoms with van der Waals surface area (Å²) < 4.78 is 0. The quantitative estimate of drug-likeness (QED) is 0.147. The summed E-state index contributed by atoms with van der Waals surface area (Å²) in [6.45, 7) is 31.0. The molecular weight excluding hydrogens is 942 g/mol. The highest BCUT2D eigenvalue weighted by Crippen LogP contribution is 2.54. The fourth-order valence-corrected chi connectivity index (χ4v) is 12.9. The molecule has 0 saturated heterocycles. The number of para-hydroxylation sites is 2. The van der Waals surface area contributed by atoms with Gasteiger partial charge in [-0.15, -0.1) is 0 Å². The van der Waals surface area contributed by atoms with Gasteiger partial charge in [0.1, 0.15) is 0 Å². The van der Waals surface area contributed by atoms with E-state index < -0.39 is 0 Å². The first-order valence-electron chi connectivity index (χ1n) is 28.5. The number of nitrogens with zero attached hydrogens (tertiary/aromatic N) is 3. The molecular formula is C74H76BN3. The maximum Gasteiger partial charge on any atom is 0.252 e. The summed E-state index contributed by atoms with van der Waals surface area (Å²) in [4.78, 5) is 7.81. The standard InChI is InChI=1S/C74H76BN3/c1-70(2,3)50-28-25-33-55(42-50)77-65-44-52(72(7,8)9)36-38-62(65)75-63-47-60-61(74(12,13)41-40-73(60,10)11)48-66(63)78(68-46-56(45-67(77)69(68)75)76(53-29-19-15-20-30-53)54-31-21-16-22-32-54)64-39-37-51(71(4,5)6)43-59(64)58-35-24-23-34-57(58)49-26-17-14-18-27-49/h14-39,42-48H,40-41H2,1-13H3. The van der Waals surface area contributed by atoms with Gasteiger partial charge in [0.25, 0.3) is 6.71 Å². The first-order chi connectivity index (χ1) is 37.1. The maximum absolute atomic E-state index is 2.71. The van der Waals surface area contributed by atoms with Crippen LogP contribution in [0.4, 0.5) is 51.2 Å². The molecule has 1 aliphatic carbocycles. The molecule has 390 valence electrons. The zero-order valence-corrected chi connectivity index (χ0v) is 48.4. The van der Waals surface area contributed by atoms with Crippen LogP contribution in [0.1, 0.15) is 131 Å². The highest BCUT2D eigenvalue weighted by atomic mass is 15.2. The molecule has 3 nitrogen and oxygen atoms in total. The van der Waals surface area contributed by atoms with E-state index in [2.05, 4.69) is 305 Å². The second-order valence-corrected chi connectivity index (χ2v) is 26.9. The van der Waals surface area contributed by atoms with Crippen molar-refractivity contribution in [3.8, 4) is 22.3 Å². The fraction of sp³-hybridized carbons (Fsp3) is 0.270. The highest BCUT2D eigenvalue weighted by molar-refractivity contribution is 7.00. The van der Waals surface area contributed by atoms with Crippen molar-refractivity contribution in [1.29, 1.82) is 0 Å². The first-order valence-corrected chi connectivity index (χ1v) is 28.5. The van der Waals surface area contributed by atoms with Crippen LogP contribution < -0.4 is 31.1 Å². The van der Waals surface area contributed by atoms with Gasteiger partial charge >= 0.3 is 0 Å². The molecule has 0 atom stereocenters. The summed E-state index contributed by atoms with van der Waals surface area (Å²) in [6.07, 6.45) is 2.26. The Balaban J connectivity index is 1.28. The summed E-state index contributed by atoms with van der Waals surface area (Å²) in [5.74, 6) is 0. The van der Waals surface area contributed by atoms with Gasteiger partial charge in [-0.1, -0.05) is 217 Å². The summed E-state index contributed by atoms with van der Waals surface area (Å²) >= 11 is 0. The molecule has 0 spiro atoms. The van der Waals surface area contributed by atoms with Crippen LogP contribution in [0.25, 0.3) is 22.3 Å². The zero-order chi connectivity index (χ0) is 54.7. The van der Waals surface area contributed by atoms with E-state index >= 15 is 0 Å². The van der Waals surface area contributed by atoms with Gasteiger partial charge < -0.3 is 14.7 Å². The van der Waals surface area contributed by atoms with Crippen LogP contribution >= 0.6 is 0 Å². The lowest BCUT2D eigenvalue weighted by molar-refractivity contribution is 0.332. The van der Waals surface area contributed by atoms with Crippen LogP contribution in [0.15, 0.2) is 200 Å². The Bertz CT molecular complexity index is 3720. The molecule has 0 aromatic heterocycles. The number of benzene rings is 9. The van der Waals surface area contributed by atoms with E-state index in [1.807, 2.05) is 0 Å². The third kappa shape index (κ3) is 8.77. The maximum atomic E-state index is 2.71. The molecule has 12 rings (SSSR count). The molecule has 0 bridgehead atoms. The Labute approximate surface area is 466 Å². The Hall–Kier alpha value is -7.56. The monoisotopic (exact) mass is 1020 g/mol. The van der Waals surface area contributed by atoms with E-state index in [4.69, 9.17) is 0 Å². The zero-order valence-electron chi connectivity index (χ0n) is 48.4. The molecule has 3 aliphatic rings. The first kappa shape index (κ1) is 51.2. The van der Waals surface area contributed by atoms with Crippen molar-refractivity contribution in [3.05, 3.63) is 228 Å². The SMILES string of the molecule is CC(C)(C)c1cccc(N2c3cc(C(C)(C)C)ccc3B3c4cc5c(cc4N(c4ccc(C(C)(C)C)cc4-c4ccccc4-c4ccccc4)c4cc(N(c6ccccc6)c6ccccc6)cc2c43)C(C)(C)CCC5(C)C)c1. The smallest absolute Gasteiger partial charge is 0.252 e. The largest absolute Gasteiger partial charge is 0.311 e. The molecule has 0 unspecified atom stereocenters. The number of hydrogen-bond donors (Lipinski definition) is 0. The molecule has 9 aromatic carbocycles. The topological polar surface area (TPSA) is 9.72 Å². The van der Waals surface area contributed by atoms with Crippen molar-refractivity contribution in [2.75, 3.05) is 14.7 Å². The molecule has 0 N–H and O–H groups in total. The normalized spacial score (nSPS) is 15.3. The van der Waals surface area contributed by atoms with E-state index in [1.54, 1.807) is 0 Å². The van der Waals surface area contributed by atoms with Crippen LogP contribution in [0.3, 0.4) is 0 Å². The van der Waals surface area contributed by atoms with E-state index in [0.717, 1.165) is 35.6 Å². The van der Waals surface area contributed by atoms with Gasteiger partial charge in [0.05, 0.1) is 11.4 Å². The molecule has 0 amide bonds. The third-order valence-electron chi connectivity index (χ3n) is 17.6. The van der Waals surface area contributed by atoms with Crippen molar-refractivity contribution >= 4 is 74.3 Å². The fourth-order valence-electron chi connectivity index (χ4n) is 12.9. The van der Waals surface area contributed by atoms with Gasteiger partial charge in [0.15, 0.2) is 0 Å². The Morgan fingerprint density at radius 2 is 0.872 bits per heavy atom. The van der Waals surface area contributed by atoms with Crippen molar-refractivity contribution in [2.24, 2.45) is 0 Å². The lowest BCUT2D eigenvalue weighted by atomic mass is 9.33. The summed E-state index contributed by atoms with van der Waals surface area (Å²) in [7, 11) is 0. The minimum absolute atomic E-state index is 0.00922. The van der Waals surface area contributed by atoms with E-state index in [-0.39, 0.29) is 33.8 Å². The Morgan fingerprint density at radius 1 is 0.372 bits per heavy atom. The van der Waals surface area contributed by atoms with Gasteiger partial charge in [-0.2, -0.15) is 0 Å². The van der Waals surface area contributed by atoms with Crippen LogP contribution in [0, 0.1) is 0 Å². The van der Waals surface area contributed by atoms with Crippen molar-refractivity contribution in [3.63, 3.8) is 0 Å². The highest BCUT2D eigenvalue weighted by Gasteiger charge is 2.47. The summed E-state index contributed by atoms with van der Waals surface area (Å²) in [6, 6.07) is 76.6. The third-order valence-corrected chi connectivity index (χ3v) is 17.6. The van der Waals surface area contributed by atoms with Gasteiger partial charge in [-0.3, -0.25) is 0 Å². The van der Waals surface area contributed by atoms with E-state index in [0.29, 0.717) is 0 Å². The van der Waals surface area contributed by atoms with Gasteiger partial charge in [0, 0.05) is 45.4 Å². The molecule has 0 radical (unpaired) electrons. The van der Waals surface area contributed by atoms with Gasteiger partial charge in [-0.05, 0) is 174 Å². The van der Waals surface area contributed by atoms with Crippen LogP contribution in [-0.4, -0.2) is 6.71 Å². The molecule has 78 heavy (non-hydrogen) atoms. The lowest BCUT2D eigenvalue weighted by Gasteiger charge is -2.48. The number of hydrogen-bond acceptors (Lipinski definition) is 3. The molecule has 9 aromatic rings. The molecule has 4 heteroatoms. The van der Waals surface area contributed by atoms with E-state index in [1.165, 1.54) is 94.9 Å². The number of anilines is 9. The second-order valence-electron chi connectivity index (χ2n) is 26.9. The molecule has 2 aliphatic heterocycles. The second kappa shape index (κ2) is 18.5. The van der Waals surface area contributed by atoms with Crippen LogP contribution in [-0.2, 0) is 27.1 Å². The van der Waals surface area contributed by atoms with Crippen molar-refractivity contribution < 1.29 is 0 Å². The summed E-state index contributed by atoms with van der Waals surface area (Å²) in [5.41, 5.74) is 25.9. The molecule has 0 saturated carbocycles. The van der Waals surface area contributed by atoms with Crippen LogP contribution in [0.2, 0.25) is 0 Å². The molecule has 2 heterocycles.